The van der Waals surface area contributed by atoms with E-state index in [1.165, 1.54) is 11.1 Å². The van der Waals surface area contributed by atoms with Crippen molar-refractivity contribution in [3.63, 3.8) is 0 Å². The van der Waals surface area contributed by atoms with Crippen molar-refractivity contribution in [2.24, 2.45) is 0 Å². The minimum Gasteiger partial charge on any atom is -0.367 e. The largest absolute Gasteiger partial charge is 0.367 e. The lowest BCUT2D eigenvalue weighted by molar-refractivity contribution is 0.206. The zero-order chi connectivity index (χ0) is 18.0. The van der Waals surface area contributed by atoms with Crippen LogP contribution in [0.25, 0.3) is 11.0 Å². The van der Waals surface area contributed by atoms with Gasteiger partial charge in [-0.25, -0.2) is 9.78 Å². The molecule has 0 saturated heterocycles. The fourth-order valence-electron chi connectivity index (χ4n) is 2.54. The van der Waals surface area contributed by atoms with E-state index in [-0.39, 0.29) is 12.0 Å². The molecule has 2 amide bonds. The molecule has 0 aliphatic carbocycles. The number of amides is 2. The summed E-state index contributed by atoms with van der Waals surface area (Å²) < 4.78 is 0. The molecule has 9 heteroatoms. The number of hydrogen-bond acceptors (Lipinski definition) is 5. The van der Waals surface area contributed by atoms with Gasteiger partial charge in [0.05, 0.1) is 17.6 Å². The number of carbonyl (C=O) groups is 1. The second-order valence-corrected chi connectivity index (χ2v) is 6.12. The average Bonchev–Trinajstić information content (AvgIpc) is 3.13. The standard InChI is InChI=1S/C16H22N8O/c1-9-6-11-12(7-10(9)2)20-14(19-11)8-24(3)16(25)18-5-4-13-21-15(17)23-22-13/h6-7H,4-5,8H2,1-3H3,(H,18,25)(H,19,20)(H3,17,21,22,23). The van der Waals surface area contributed by atoms with Crippen molar-refractivity contribution in [3.8, 4) is 0 Å². The van der Waals surface area contributed by atoms with Crippen LogP contribution in [0.2, 0.25) is 0 Å². The smallest absolute Gasteiger partial charge is 0.317 e. The molecule has 1 aromatic carbocycles. The summed E-state index contributed by atoms with van der Waals surface area (Å²) in [6.07, 6.45) is 0.535. The summed E-state index contributed by atoms with van der Waals surface area (Å²) in [6.45, 7) is 4.96. The molecule has 3 aromatic rings. The van der Waals surface area contributed by atoms with Gasteiger partial charge in [-0.05, 0) is 37.1 Å². The van der Waals surface area contributed by atoms with Gasteiger partial charge in [0.1, 0.15) is 11.6 Å². The maximum Gasteiger partial charge on any atom is 0.317 e. The molecule has 0 aliphatic rings. The van der Waals surface area contributed by atoms with Crippen molar-refractivity contribution in [3.05, 3.63) is 34.9 Å². The van der Waals surface area contributed by atoms with E-state index in [0.29, 0.717) is 25.3 Å². The van der Waals surface area contributed by atoms with Crippen LogP contribution >= 0.6 is 0 Å². The first-order valence-corrected chi connectivity index (χ1v) is 8.04. The number of fused-ring (bicyclic) bond motifs is 1. The number of rotatable bonds is 5. The average molecular weight is 342 g/mol. The predicted octanol–water partition coefficient (Wildman–Crippen LogP) is 1.26. The Morgan fingerprint density at radius 1 is 1.24 bits per heavy atom. The number of imidazole rings is 1. The van der Waals surface area contributed by atoms with Gasteiger partial charge in [-0.2, -0.15) is 4.98 Å². The van der Waals surface area contributed by atoms with E-state index < -0.39 is 0 Å². The van der Waals surface area contributed by atoms with E-state index in [4.69, 9.17) is 5.73 Å². The van der Waals surface area contributed by atoms with Crippen LogP contribution in [-0.2, 0) is 13.0 Å². The van der Waals surface area contributed by atoms with Gasteiger partial charge < -0.3 is 20.9 Å². The van der Waals surface area contributed by atoms with E-state index in [2.05, 4.69) is 50.4 Å². The molecule has 0 bridgehead atoms. The lowest BCUT2D eigenvalue weighted by Crippen LogP contribution is -2.38. The first-order chi connectivity index (χ1) is 11.9. The van der Waals surface area contributed by atoms with E-state index in [1.807, 2.05) is 6.07 Å². The molecular formula is C16H22N8O. The third kappa shape index (κ3) is 3.87. The Bertz CT molecular complexity index is 858. The van der Waals surface area contributed by atoms with Crippen molar-refractivity contribution in [1.29, 1.82) is 0 Å². The number of urea groups is 1. The molecule has 0 atom stereocenters. The number of nitrogens with one attached hydrogen (secondary N) is 3. The van der Waals surface area contributed by atoms with E-state index in [1.54, 1.807) is 11.9 Å². The number of nitrogens with zero attached hydrogens (tertiary/aromatic N) is 4. The summed E-state index contributed by atoms with van der Waals surface area (Å²) in [7, 11) is 1.73. The SMILES string of the molecule is Cc1cc2nc(CN(C)C(=O)NCCc3nc(N)n[nH]3)[nH]c2cc1C. The Morgan fingerprint density at radius 3 is 2.72 bits per heavy atom. The molecule has 0 spiro atoms. The highest BCUT2D eigenvalue weighted by Gasteiger charge is 2.12. The van der Waals surface area contributed by atoms with Crippen LogP contribution in [0.5, 0.6) is 0 Å². The molecular weight excluding hydrogens is 320 g/mol. The summed E-state index contributed by atoms with van der Waals surface area (Å²) in [6, 6.07) is 3.94. The maximum absolute atomic E-state index is 12.2. The van der Waals surface area contributed by atoms with Gasteiger partial charge in [0.15, 0.2) is 0 Å². The predicted molar refractivity (Wildman–Crippen MR) is 94.9 cm³/mol. The molecule has 0 fully saturated rings. The molecule has 2 aromatic heterocycles. The minimum absolute atomic E-state index is 0.180. The van der Waals surface area contributed by atoms with Crippen molar-refractivity contribution >= 4 is 23.0 Å². The molecule has 5 N–H and O–H groups in total. The molecule has 2 heterocycles. The van der Waals surface area contributed by atoms with Crippen LogP contribution in [0.3, 0.4) is 0 Å². The summed E-state index contributed by atoms with van der Waals surface area (Å²) in [5, 5.41) is 9.28. The Morgan fingerprint density at radius 2 is 2.00 bits per heavy atom. The Hall–Kier alpha value is -3.10. The molecule has 0 saturated carbocycles. The molecule has 0 aliphatic heterocycles. The lowest BCUT2D eigenvalue weighted by Gasteiger charge is -2.16. The number of nitrogen functional groups attached to an aromatic ring is 1. The fourth-order valence-corrected chi connectivity index (χ4v) is 2.54. The Kier molecular flexibility index (Phi) is 4.55. The number of hydrogen-bond donors (Lipinski definition) is 4. The highest BCUT2D eigenvalue weighted by Crippen LogP contribution is 2.17. The van der Waals surface area contributed by atoms with Crippen LogP contribution in [-0.4, -0.2) is 49.7 Å². The zero-order valence-corrected chi connectivity index (χ0v) is 14.6. The lowest BCUT2D eigenvalue weighted by atomic mass is 10.1. The van der Waals surface area contributed by atoms with E-state index in [0.717, 1.165) is 16.9 Å². The van der Waals surface area contributed by atoms with Gasteiger partial charge in [-0.3, -0.25) is 5.10 Å². The van der Waals surface area contributed by atoms with Gasteiger partial charge >= 0.3 is 6.03 Å². The number of anilines is 1. The first kappa shape index (κ1) is 16.7. The number of H-pyrrole nitrogens is 2. The Balaban J connectivity index is 1.55. The molecule has 9 nitrogen and oxygen atoms in total. The monoisotopic (exact) mass is 342 g/mol. The summed E-state index contributed by atoms with van der Waals surface area (Å²) in [5.74, 6) is 1.60. The second kappa shape index (κ2) is 6.80. The number of nitrogens with two attached hydrogens (primary N) is 1. The molecule has 0 radical (unpaired) electrons. The summed E-state index contributed by atoms with van der Waals surface area (Å²) in [5.41, 5.74) is 9.74. The van der Waals surface area contributed by atoms with E-state index in [9.17, 15) is 4.79 Å². The normalized spacial score (nSPS) is 11.0. The van der Waals surface area contributed by atoms with Crippen LogP contribution in [0.15, 0.2) is 12.1 Å². The van der Waals surface area contributed by atoms with Gasteiger partial charge in [0.25, 0.3) is 0 Å². The second-order valence-electron chi connectivity index (χ2n) is 6.12. The number of carbonyl (C=O) groups excluding carboxylic acids is 1. The van der Waals surface area contributed by atoms with Gasteiger partial charge in [0, 0.05) is 20.0 Å². The van der Waals surface area contributed by atoms with Crippen molar-refractivity contribution in [1.82, 2.24) is 35.4 Å². The van der Waals surface area contributed by atoms with Gasteiger partial charge in [0.2, 0.25) is 5.95 Å². The van der Waals surface area contributed by atoms with Gasteiger partial charge in [-0.15, -0.1) is 5.10 Å². The molecule has 3 rings (SSSR count). The number of benzene rings is 1. The van der Waals surface area contributed by atoms with Crippen molar-refractivity contribution in [2.75, 3.05) is 19.3 Å². The van der Waals surface area contributed by atoms with Crippen molar-refractivity contribution < 1.29 is 4.79 Å². The third-order valence-electron chi connectivity index (χ3n) is 4.07. The van der Waals surface area contributed by atoms with Gasteiger partial charge in [-0.1, -0.05) is 0 Å². The fraction of sp³-hybridized carbons (Fsp3) is 0.375. The number of aromatic amines is 2. The quantitative estimate of drug-likeness (QED) is 0.555. The topological polar surface area (TPSA) is 129 Å². The van der Waals surface area contributed by atoms with Crippen LogP contribution in [0.1, 0.15) is 22.8 Å². The highest BCUT2D eigenvalue weighted by atomic mass is 16.2. The third-order valence-corrected chi connectivity index (χ3v) is 4.07. The first-order valence-electron chi connectivity index (χ1n) is 8.04. The number of aryl methyl sites for hydroxylation is 2. The van der Waals surface area contributed by atoms with Crippen LogP contribution in [0, 0.1) is 13.8 Å². The van der Waals surface area contributed by atoms with E-state index >= 15 is 0 Å². The summed E-state index contributed by atoms with van der Waals surface area (Å²) >= 11 is 0. The molecule has 0 unspecified atom stereocenters. The van der Waals surface area contributed by atoms with Crippen LogP contribution in [0.4, 0.5) is 10.7 Å². The molecule has 25 heavy (non-hydrogen) atoms. The van der Waals surface area contributed by atoms with Crippen LogP contribution < -0.4 is 11.1 Å². The zero-order valence-electron chi connectivity index (χ0n) is 14.6. The summed E-state index contributed by atoms with van der Waals surface area (Å²) in [4.78, 5) is 25.6. The maximum atomic E-state index is 12.2. The number of aromatic nitrogens is 5. The minimum atomic E-state index is -0.180. The highest BCUT2D eigenvalue weighted by molar-refractivity contribution is 5.77. The van der Waals surface area contributed by atoms with Crippen molar-refractivity contribution in [2.45, 2.75) is 26.8 Å². The molecule has 132 valence electrons. The Labute approximate surface area is 145 Å².